The highest BCUT2D eigenvalue weighted by molar-refractivity contribution is 7.89. The van der Waals surface area contributed by atoms with E-state index in [0.717, 1.165) is 6.07 Å². The minimum atomic E-state index is -3.91. The number of hydrogen-bond donors (Lipinski definition) is 3. The van der Waals surface area contributed by atoms with Crippen LogP contribution in [0.3, 0.4) is 0 Å². The molecule has 0 spiro atoms. The maximum atomic E-state index is 11.2. The highest BCUT2D eigenvalue weighted by atomic mass is 32.2. The van der Waals surface area contributed by atoms with Gasteiger partial charge in [0.05, 0.1) is 10.5 Å². The molecule has 0 aliphatic heterocycles. The predicted molar refractivity (Wildman–Crippen MR) is 72.7 cm³/mol. The predicted octanol–water partition coefficient (Wildman–Crippen LogP) is 1.49. The number of sulfonamides is 1. The Kier molecular flexibility index (Phi) is 4.54. The van der Waals surface area contributed by atoms with Gasteiger partial charge in [-0.05, 0) is 31.0 Å². The Morgan fingerprint density at radius 1 is 1.32 bits per heavy atom. The van der Waals surface area contributed by atoms with E-state index in [1.807, 2.05) is 20.8 Å². The first-order chi connectivity index (χ1) is 8.62. The third kappa shape index (κ3) is 3.93. The number of rotatable bonds is 5. The number of nitrogens with one attached hydrogen (secondary N) is 1. The lowest BCUT2D eigenvalue weighted by molar-refractivity contribution is 0.0697. The number of primary sulfonamides is 1. The topological polar surface area (TPSA) is 109 Å². The van der Waals surface area contributed by atoms with Gasteiger partial charge in [-0.1, -0.05) is 13.8 Å². The Morgan fingerprint density at radius 2 is 1.89 bits per heavy atom. The zero-order valence-electron chi connectivity index (χ0n) is 11.0. The van der Waals surface area contributed by atoms with Crippen LogP contribution in [0, 0.1) is 5.92 Å². The maximum Gasteiger partial charge on any atom is 0.337 e. The number of carboxylic acid groups (broad SMARTS) is 1. The average Bonchev–Trinajstić information content (AvgIpc) is 2.27. The van der Waals surface area contributed by atoms with Crippen molar-refractivity contribution >= 4 is 21.7 Å². The summed E-state index contributed by atoms with van der Waals surface area (Å²) < 4.78 is 22.4. The van der Waals surface area contributed by atoms with E-state index in [9.17, 15) is 13.2 Å². The molecule has 0 saturated carbocycles. The van der Waals surface area contributed by atoms with Crippen LogP contribution in [0.5, 0.6) is 0 Å². The van der Waals surface area contributed by atoms with Gasteiger partial charge in [-0.25, -0.2) is 18.4 Å². The second-order valence-electron chi connectivity index (χ2n) is 4.73. The van der Waals surface area contributed by atoms with E-state index in [4.69, 9.17) is 10.2 Å². The number of carboxylic acids is 1. The van der Waals surface area contributed by atoms with Crippen LogP contribution in [0.2, 0.25) is 0 Å². The van der Waals surface area contributed by atoms with Gasteiger partial charge in [0.25, 0.3) is 0 Å². The number of hydrogen-bond acceptors (Lipinski definition) is 4. The molecule has 4 N–H and O–H groups in total. The number of benzene rings is 1. The van der Waals surface area contributed by atoms with Crippen molar-refractivity contribution in [2.45, 2.75) is 31.7 Å². The minimum Gasteiger partial charge on any atom is -0.478 e. The van der Waals surface area contributed by atoms with Gasteiger partial charge in [0.2, 0.25) is 10.0 Å². The molecule has 6 nitrogen and oxygen atoms in total. The van der Waals surface area contributed by atoms with E-state index in [-0.39, 0.29) is 16.5 Å². The summed E-state index contributed by atoms with van der Waals surface area (Å²) in [6, 6.07) is 3.82. The molecule has 1 aromatic carbocycles. The number of aromatic carboxylic acids is 1. The molecule has 0 amide bonds. The molecule has 1 aromatic rings. The second kappa shape index (κ2) is 5.58. The van der Waals surface area contributed by atoms with E-state index in [2.05, 4.69) is 5.32 Å². The molecule has 0 bridgehead atoms. The summed E-state index contributed by atoms with van der Waals surface area (Å²) in [6.45, 7) is 5.91. The Bertz CT molecular complexity index is 581. The summed E-state index contributed by atoms with van der Waals surface area (Å²) in [5.74, 6) is -0.900. The summed E-state index contributed by atoms with van der Waals surface area (Å²) in [5.41, 5.74) is 0.264. The Balaban J connectivity index is 3.24. The first kappa shape index (κ1) is 15.5. The molecule has 0 saturated heterocycles. The van der Waals surface area contributed by atoms with Gasteiger partial charge in [0.15, 0.2) is 0 Å². The zero-order valence-corrected chi connectivity index (χ0v) is 11.9. The lowest BCUT2D eigenvalue weighted by atomic mass is 10.1. The maximum absolute atomic E-state index is 11.2. The fourth-order valence-electron chi connectivity index (χ4n) is 1.42. The second-order valence-corrected chi connectivity index (χ2v) is 6.30. The number of carbonyl (C=O) groups is 1. The molecular formula is C12H18N2O4S. The average molecular weight is 286 g/mol. The normalized spacial score (nSPS) is 13.3. The van der Waals surface area contributed by atoms with E-state index in [0.29, 0.717) is 11.6 Å². The molecule has 1 unspecified atom stereocenters. The fraction of sp³-hybridized carbons (Fsp3) is 0.417. The van der Waals surface area contributed by atoms with Crippen molar-refractivity contribution in [2.75, 3.05) is 5.32 Å². The van der Waals surface area contributed by atoms with Crippen LogP contribution < -0.4 is 10.5 Å². The molecule has 0 aliphatic rings. The van der Waals surface area contributed by atoms with Crippen molar-refractivity contribution in [3.05, 3.63) is 23.8 Å². The molecule has 7 heteroatoms. The molecule has 1 atom stereocenters. The SMILES string of the molecule is CC(C)C(C)Nc1ccc(S(N)(=O)=O)cc1C(=O)O. The summed E-state index contributed by atoms with van der Waals surface area (Å²) in [4.78, 5) is 11.0. The van der Waals surface area contributed by atoms with Crippen molar-refractivity contribution < 1.29 is 18.3 Å². The quantitative estimate of drug-likeness (QED) is 0.759. The molecule has 0 aliphatic carbocycles. The highest BCUT2D eigenvalue weighted by Crippen LogP contribution is 2.22. The van der Waals surface area contributed by atoms with E-state index >= 15 is 0 Å². The lowest BCUT2D eigenvalue weighted by Crippen LogP contribution is -2.23. The number of nitrogens with two attached hydrogens (primary N) is 1. The summed E-state index contributed by atoms with van der Waals surface area (Å²) in [6.07, 6.45) is 0. The third-order valence-corrected chi connectivity index (χ3v) is 3.84. The van der Waals surface area contributed by atoms with Crippen molar-refractivity contribution in [3.8, 4) is 0 Å². The smallest absolute Gasteiger partial charge is 0.337 e. The molecule has 0 radical (unpaired) electrons. The highest BCUT2D eigenvalue weighted by Gasteiger charge is 2.17. The van der Waals surface area contributed by atoms with Crippen LogP contribution in [-0.4, -0.2) is 25.5 Å². The fourth-order valence-corrected chi connectivity index (χ4v) is 1.95. The van der Waals surface area contributed by atoms with Crippen molar-refractivity contribution in [2.24, 2.45) is 11.1 Å². The summed E-state index contributed by atoms with van der Waals surface area (Å²) in [5, 5.41) is 17.2. The van der Waals surface area contributed by atoms with E-state index < -0.39 is 16.0 Å². The van der Waals surface area contributed by atoms with Gasteiger partial charge < -0.3 is 10.4 Å². The van der Waals surface area contributed by atoms with Gasteiger partial charge in [0, 0.05) is 11.7 Å². The van der Waals surface area contributed by atoms with Gasteiger partial charge in [-0.2, -0.15) is 0 Å². The van der Waals surface area contributed by atoms with E-state index in [1.165, 1.54) is 12.1 Å². The van der Waals surface area contributed by atoms with Crippen molar-refractivity contribution in [3.63, 3.8) is 0 Å². The van der Waals surface area contributed by atoms with Crippen LogP contribution in [-0.2, 0) is 10.0 Å². The van der Waals surface area contributed by atoms with Crippen molar-refractivity contribution in [1.29, 1.82) is 0 Å². The summed E-state index contributed by atoms with van der Waals surface area (Å²) >= 11 is 0. The molecule has 0 aromatic heterocycles. The molecule has 19 heavy (non-hydrogen) atoms. The number of anilines is 1. The largest absolute Gasteiger partial charge is 0.478 e. The molecule has 0 heterocycles. The lowest BCUT2D eigenvalue weighted by Gasteiger charge is -2.20. The molecular weight excluding hydrogens is 268 g/mol. The van der Waals surface area contributed by atoms with Crippen LogP contribution in [0.15, 0.2) is 23.1 Å². The van der Waals surface area contributed by atoms with Gasteiger partial charge in [-0.3, -0.25) is 0 Å². The molecule has 0 fully saturated rings. The zero-order chi connectivity index (χ0) is 14.8. The van der Waals surface area contributed by atoms with Crippen LogP contribution >= 0.6 is 0 Å². The third-order valence-electron chi connectivity index (χ3n) is 2.93. The Hall–Kier alpha value is -1.60. The Morgan fingerprint density at radius 3 is 2.32 bits per heavy atom. The summed E-state index contributed by atoms with van der Waals surface area (Å²) in [7, 11) is -3.91. The Labute approximate surface area is 112 Å². The van der Waals surface area contributed by atoms with Gasteiger partial charge >= 0.3 is 5.97 Å². The standard InChI is InChI=1S/C12H18N2O4S/c1-7(2)8(3)14-11-5-4-9(19(13,17)18)6-10(11)12(15)16/h4-8,14H,1-3H3,(H,15,16)(H2,13,17,18). The molecule has 1 rings (SSSR count). The van der Waals surface area contributed by atoms with Crippen molar-refractivity contribution in [1.82, 2.24) is 0 Å². The molecule has 106 valence electrons. The van der Waals surface area contributed by atoms with Gasteiger partial charge in [-0.15, -0.1) is 0 Å². The first-order valence-electron chi connectivity index (χ1n) is 5.79. The van der Waals surface area contributed by atoms with Gasteiger partial charge in [0.1, 0.15) is 0 Å². The van der Waals surface area contributed by atoms with Crippen LogP contribution in [0.4, 0.5) is 5.69 Å². The van der Waals surface area contributed by atoms with Crippen LogP contribution in [0.25, 0.3) is 0 Å². The first-order valence-corrected chi connectivity index (χ1v) is 7.34. The van der Waals surface area contributed by atoms with Crippen LogP contribution in [0.1, 0.15) is 31.1 Å². The minimum absolute atomic E-state index is 0.0541. The monoisotopic (exact) mass is 286 g/mol. The van der Waals surface area contributed by atoms with E-state index in [1.54, 1.807) is 0 Å².